The number of rotatable bonds is 3. The van der Waals surface area contributed by atoms with E-state index in [-0.39, 0.29) is 5.75 Å². The van der Waals surface area contributed by atoms with Gasteiger partial charge >= 0.3 is 0 Å². The molecule has 5 heteroatoms. The third kappa shape index (κ3) is 4.07. The molecule has 4 nitrogen and oxygen atoms in total. The molecule has 0 saturated carbocycles. The molecule has 0 aliphatic rings. The van der Waals surface area contributed by atoms with E-state index in [0.29, 0.717) is 10.7 Å². The van der Waals surface area contributed by atoms with E-state index in [1.165, 1.54) is 6.21 Å². The van der Waals surface area contributed by atoms with Crippen LogP contribution in [0.15, 0.2) is 53.6 Å². The average Bonchev–Trinajstić information content (AvgIpc) is 2.41. The molecule has 20 heavy (non-hydrogen) atoms. The van der Waals surface area contributed by atoms with E-state index >= 15 is 0 Å². The summed E-state index contributed by atoms with van der Waals surface area (Å²) in [4.78, 5) is 0. The number of hydrazone groups is 1. The first-order chi connectivity index (χ1) is 9.65. The van der Waals surface area contributed by atoms with Crippen molar-refractivity contribution in [1.82, 2.24) is 5.43 Å². The lowest BCUT2D eigenvalue weighted by Gasteiger charge is -2.07. The summed E-state index contributed by atoms with van der Waals surface area (Å²) in [5.74, 6) is 0.176. The van der Waals surface area contributed by atoms with Gasteiger partial charge in [-0.2, -0.15) is 5.10 Å². The fourth-order valence-corrected chi connectivity index (χ4v) is 1.81. The number of aryl methyl sites for hydroxylation is 1. The number of benzene rings is 2. The van der Waals surface area contributed by atoms with Crippen LogP contribution in [0.2, 0.25) is 0 Å². The molecule has 0 heterocycles. The minimum absolute atomic E-state index is 0.176. The Morgan fingerprint density at radius 3 is 2.75 bits per heavy atom. The van der Waals surface area contributed by atoms with Crippen LogP contribution in [0.5, 0.6) is 5.75 Å². The van der Waals surface area contributed by atoms with Crippen molar-refractivity contribution >= 4 is 29.2 Å². The monoisotopic (exact) mass is 285 g/mol. The topological polar surface area (TPSA) is 56.7 Å². The van der Waals surface area contributed by atoms with Crippen LogP contribution in [0.3, 0.4) is 0 Å². The molecular weight excluding hydrogens is 270 g/mol. The van der Waals surface area contributed by atoms with E-state index in [0.717, 1.165) is 11.3 Å². The quantitative estimate of drug-likeness (QED) is 0.461. The summed E-state index contributed by atoms with van der Waals surface area (Å²) < 4.78 is 0. The average molecular weight is 285 g/mol. The van der Waals surface area contributed by atoms with Gasteiger partial charge in [0.2, 0.25) is 0 Å². The first-order valence-corrected chi connectivity index (χ1v) is 6.51. The fraction of sp³-hybridized carbons (Fsp3) is 0.0667. The number of phenolic OH excluding ortho intramolecular Hbond substituents is 1. The predicted octanol–water partition coefficient (Wildman–Crippen LogP) is 3.02. The highest BCUT2D eigenvalue weighted by Gasteiger charge is 1.97. The van der Waals surface area contributed by atoms with Crippen LogP contribution in [0.1, 0.15) is 11.1 Å². The minimum Gasteiger partial charge on any atom is -0.507 e. The van der Waals surface area contributed by atoms with Crippen LogP contribution < -0.4 is 10.7 Å². The summed E-state index contributed by atoms with van der Waals surface area (Å²) in [5.41, 5.74) is 5.38. The summed E-state index contributed by atoms with van der Waals surface area (Å²) in [7, 11) is 0. The van der Waals surface area contributed by atoms with Crippen LogP contribution in [-0.4, -0.2) is 16.4 Å². The van der Waals surface area contributed by atoms with E-state index in [4.69, 9.17) is 12.2 Å². The molecule has 0 aliphatic heterocycles. The van der Waals surface area contributed by atoms with E-state index < -0.39 is 0 Å². The summed E-state index contributed by atoms with van der Waals surface area (Å²) in [6, 6.07) is 14.8. The van der Waals surface area contributed by atoms with Gasteiger partial charge in [0, 0.05) is 11.3 Å². The van der Waals surface area contributed by atoms with Crippen LogP contribution in [0.25, 0.3) is 0 Å². The molecule has 2 rings (SSSR count). The minimum atomic E-state index is 0.176. The molecule has 2 aromatic rings. The van der Waals surface area contributed by atoms with Crippen molar-refractivity contribution in [3.63, 3.8) is 0 Å². The van der Waals surface area contributed by atoms with E-state index in [1.807, 2.05) is 37.3 Å². The third-order valence-electron chi connectivity index (χ3n) is 2.58. The van der Waals surface area contributed by atoms with Crippen LogP contribution in [0, 0.1) is 6.92 Å². The summed E-state index contributed by atoms with van der Waals surface area (Å²) in [6.45, 7) is 2.01. The molecule has 0 aliphatic carbocycles. The van der Waals surface area contributed by atoms with Crippen molar-refractivity contribution in [2.75, 3.05) is 5.32 Å². The van der Waals surface area contributed by atoms with Gasteiger partial charge in [-0.15, -0.1) is 0 Å². The van der Waals surface area contributed by atoms with Crippen LogP contribution in [0.4, 0.5) is 5.69 Å². The number of anilines is 1. The van der Waals surface area contributed by atoms with Crippen molar-refractivity contribution in [2.24, 2.45) is 5.10 Å². The van der Waals surface area contributed by atoms with Gasteiger partial charge < -0.3 is 10.4 Å². The molecule has 0 unspecified atom stereocenters. The van der Waals surface area contributed by atoms with Gasteiger partial charge in [0.15, 0.2) is 5.11 Å². The molecule has 2 aromatic carbocycles. The maximum Gasteiger partial charge on any atom is 0.191 e. The SMILES string of the molecule is Cc1cccc(NC(=S)NN=Cc2ccccc2O)c1. The fourth-order valence-electron chi connectivity index (χ4n) is 1.64. The van der Waals surface area contributed by atoms with Gasteiger partial charge in [-0.25, -0.2) is 0 Å². The van der Waals surface area contributed by atoms with Crippen LogP contribution in [-0.2, 0) is 0 Å². The molecular formula is C15H15N3OS. The summed E-state index contributed by atoms with van der Waals surface area (Å²) in [6.07, 6.45) is 1.51. The van der Waals surface area contributed by atoms with Gasteiger partial charge in [-0.1, -0.05) is 24.3 Å². The van der Waals surface area contributed by atoms with Crippen LogP contribution >= 0.6 is 12.2 Å². The number of nitrogens with one attached hydrogen (secondary N) is 2. The lowest BCUT2D eigenvalue weighted by molar-refractivity contribution is 0.474. The Morgan fingerprint density at radius 2 is 2.00 bits per heavy atom. The predicted molar refractivity (Wildman–Crippen MR) is 86.2 cm³/mol. The van der Waals surface area contributed by atoms with Gasteiger partial charge in [0.05, 0.1) is 6.21 Å². The molecule has 0 aromatic heterocycles. The number of aromatic hydroxyl groups is 1. The van der Waals surface area contributed by atoms with E-state index in [2.05, 4.69) is 15.8 Å². The zero-order valence-electron chi connectivity index (χ0n) is 11.0. The molecule has 0 fully saturated rings. The highest BCUT2D eigenvalue weighted by atomic mass is 32.1. The lowest BCUT2D eigenvalue weighted by atomic mass is 10.2. The second kappa shape index (κ2) is 6.68. The number of hydrogen-bond donors (Lipinski definition) is 3. The molecule has 0 bridgehead atoms. The zero-order chi connectivity index (χ0) is 14.4. The highest BCUT2D eigenvalue weighted by Crippen LogP contribution is 2.12. The standard InChI is InChI=1S/C15H15N3OS/c1-11-5-4-7-13(9-11)17-15(20)18-16-10-12-6-2-3-8-14(12)19/h2-10,19H,1H3,(H2,17,18,20). The molecule has 0 amide bonds. The Balaban J connectivity index is 1.91. The third-order valence-corrected chi connectivity index (χ3v) is 2.78. The number of nitrogens with zero attached hydrogens (tertiary/aromatic N) is 1. The van der Waals surface area contributed by atoms with Gasteiger partial charge in [0.1, 0.15) is 5.75 Å². The Morgan fingerprint density at radius 1 is 1.20 bits per heavy atom. The summed E-state index contributed by atoms with van der Waals surface area (Å²) in [5, 5.41) is 17.0. The van der Waals surface area contributed by atoms with Crippen molar-refractivity contribution in [2.45, 2.75) is 6.92 Å². The smallest absolute Gasteiger partial charge is 0.191 e. The Labute approximate surface area is 123 Å². The second-order valence-electron chi connectivity index (χ2n) is 4.25. The van der Waals surface area contributed by atoms with Crippen molar-refractivity contribution in [3.8, 4) is 5.75 Å². The normalized spacial score (nSPS) is 10.4. The zero-order valence-corrected chi connectivity index (χ0v) is 11.8. The molecule has 0 radical (unpaired) electrons. The maximum atomic E-state index is 9.57. The molecule has 102 valence electrons. The van der Waals surface area contributed by atoms with Gasteiger partial charge in [-0.05, 0) is 49.0 Å². The largest absolute Gasteiger partial charge is 0.507 e. The molecule has 0 spiro atoms. The first kappa shape index (κ1) is 14.0. The number of phenols is 1. The Hall–Kier alpha value is -2.40. The molecule has 3 N–H and O–H groups in total. The lowest BCUT2D eigenvalue weighted by Crippen LogP contribution is -2.23. The first-order valence-electron chi connectivity index (χ1n) is 6.10. The number of para-hydroxylation sites is 1. The summed E-state index contributed by atoms with van der Waals surface area (Å²) >= 11 is 5.13. The Bertz CT molecular complexity index is 641. The van der Waals surface area contributed by atoms with Gasteiger partial charge in [0.25, 0.3) is 0 Å². The number of hydrogen-bond acceptors (Lipinski definition) is 3. The second-order valence-corrected chi connectivity index (χ2v) is 4.66. The maximum absolute atomic E-state index is 9.57. The highest BCUT2D eigenvalue weighted by molar-refractivity contribution is 7.80. The van der Waals surface area contributed by atoms with Gasteiger partial charge in [-0.3, -0.25) is 5.43 Å². The Kier molecular flexibility index (Phi) is 4.68. The molecule has 0 atom stereocenters. The molecule has 0 saturated heterocycles. The number of thiocarbonyl (C=S) groups is 1. The van der Waals surface area contributed by atoms with Crippen molar-refractivity contribution in [1.29, 1.82) is 0 Å². The van der Waals surface area contributed by atoms with E-state index in [9.17, 15) is 5.11 Å². The van der Waals surface area contributed by atoms with Crippen molar-refractivity contribution in [3.05, 3.63) is 59.7 Å². The van der Waals surface area contributed by atoms with Crippen molar-refractivity contribution < 1.29 is 5.11 Å². The van der Waals surface area contributed by atoms with E-state index in [1.54, 1.807) is 18.2 Å².